The Balaban J connectivity index is 2.33. The number of hydrogen-bond donors (Lipinski definition) is 0. The standard InChI is InChI=1S/C31H40O3PSi/c1-25(2)33-30(32)23-26(34-36(6,7)31(3,4)5)24-35(27-17-11-8-12-18-27,28-19-13-9-14-20-28)29-21-15-10-16-22-29/h8-22,24-25H,23H2,1-7H3/q+1/b26-24+. The summed E-state index contributed by atoms with van der Waals surface area (Å²) in [6.45, 7) is 14.9. The van der Waals surface area contributed by atoms with Crippen LogP contribution in [0.2, 0.25) is 18.1 Å². The van der Waals surface area contributed by atoms with Crippen LogP contribution in [0.3, 0.4) is 0 Å². The van der Waals surface area contributed by atoms with Crippen LogP contribution in [0.15, 0.2) is 103 Å². The van der Waals surface area contributed by atoms with Gasteiger partial charge in [-0.1, -0.05) is 75.4 Å². The molecule has 190 valence electrons. The average Bonchev–Trinajstić information content (AvgIpc) is 2.82. The Hall–Kier alpha value is -2.68. The Labute approximate surface area is 219 Å². The number of carbonyl (C=O) groups excluding carboxylic acids is 1. The maximum Gasteiger partial charge on any atom is 0.313 e. The number of ether oxygens (including phenoxy) is 1. The number of esters is 1. The molecule has 0 spiro atoms. The summed E-state index contributed by atoms with van der Waals surface area (Å²) in [5.74, 6) is 2.72. The average molecular weight is 520 g/mol. The van der Waals surface area contributed by atoms with Crippen molar-refractivity contribution in [3.63, 3.8) is 0 Å². The normalized spacial score (nSPS) is 12.9. The molecule has 0 saturated heterocycles. The maximum absolute atomic E-state index is 13.0. The molecule has 0 atom stereocenters. The molecule has 0 unspecified atom stereocenters. The van der Waals surface area contributed by atoms with E-state index in [1.54, 1.807) is 0 Å². The molecule has 3 nitrogen and oxygen atoms in total. The van der Waals surface area contributed by atoms with Gasteiger partial charge in [-0.05, 0) is 68.4 Å². The van der Waals surface area contributed by atoms with Gasteiger partial charge in [-0.3, -0.25) is 4.79 Å². The zero-order chi connectivity index (χ0) is 26.4. The Morgan fingerprint density at radius 2 is 1.19 bits per heavy atom. The second-order valence-electron chi connectivity index (χ2n) is 10.9. The summed E-state index contributed by atoms with van der Waals surface area (Å²) in [7, 11) is -4.55. The zero-order valence-corrected chi connectivity index (χ0v) is 24.6. The van der Waals surface area contributed by atoms with Crippen LogP contribution < -0.4 is 15.9 Å². The maximum atomic E-state index is 13.0. The van der Waals surface area contributed by atoms with Crippen molar-refractivity contribution in [2.45, 2.75) is 65.3 Å². The minimum atomic E-state index is -2.31. The Morgan fingerprint density at radius 3 is 1.53 bits per heavy atom. The molecule has 0 N–H and O–H groups in total. The molecule has 0 aliphatic heterocycles. The highest BCUT2D eigenvalue weighted by Crippen LogP contribution is 2.58. The lowest BCUT2D eigenvalue weighted by Crippen LogP contribution is -2.41. The summed E-state index contributed by atoms with van der Waals surface area (Å²) in [5.41, 5.74) is 0. The van der Waals surface area contributed by atoms with E-state index in [-0.39, 0.29) is 23.5 Å². The fourth-order valence-electron chi connectivity index (χ4n) is 3.91. The van der Waals surface area contributed by atoms with E-state index in [9.17, 15) is 4.79 Å². The first-order valence-corrected chi connectivity index (χ1v) is 17.4. The third kappa shape index (κ3) is 6.54. The Morgan fingerprint density at radius 1 is 0.806 bits per heavy atom. The minimum Gasteiger partial charge on any atom is -0.544 e. The van der Waals surface area contributed by atoms with E-state index in [0.717, 1.165) is 0 Å². The van der Waals surface area contributed by atoms with Gasteiger partial charge in [0.15, 0.2) is 0 Å². The highest BCUT2D eigenvalue weighted by molar-refractivity contribution is 7.98. The zero-order valence-electron chi connectivity index (χ0n) is 22.7. The third-order valence-corrected chi connectivity index (χ3v) is 15.1. The first kappa shape index (κ1) is 27.9. The SMILES string of the molecule is CC(C)OC(=O)C/C(=C\[P+](c1ccccc1)(c1ccccc1)c1ccccc1)O[Si](C)(C)C(C)(C)C. The lowest BCUT2D eigenvalue weighted by molar-refractivity contribution is -0.146. The molecule has 36 heavy (non-hydrogen) atoms. The van der Waals surface area contributed by atoms with Crippen molar-refractivity contribution in [3.8, 4) is 0 Å². The van der Waals surface area contributed by atoms with E-state index in [0.29, 0.717) is 5.76 Å². The highest BCUT2D eigenvalue weighted by Gasteiger charge is 2.46. The molecule has 0 radical (unpaired) electrons. The lowest BCUT2D eigenvalue weighted by atomic mass is 10.2. The van der Waals surface area contributed by atoms with E-state index in [2.05, 4.69) is 112 Å². The molecule has 0 bridgehead atoms. The molecule has 3 aromatic rings. The van der Waals surface area contributed by atoms with Gasteiger partial charge in [-0.15, -0.1) is 0 Å². The number of hydrogen-bond acceptors (Lipinski definition) is 3. The van der Waals surface area contributed by atoms with Crippen molar-refractivity contribution in [2.75, 3.05) is 0 Å². The van der Waals surface area contributed by atoms with Crippen LogP contribution in [0.4, 0.5) is 0 Å². The highest BCUT2D eigenvalue weighted by atomic mass is 31.2. The van der Waals surface area contributed by atoms with Gasteiger partial charge in [0.05, 0.1) is 6.10 Å². The van der Waals surface area contributed by atoms with E-state index < -0.39 is 15.6 Å². The molecular formula is C31H40O3PSi+. The van der Waals surface area contributed by atoms with Gasteiger partial charge in [0, 0.05) is 0 Å². The quantitative estimate of drug-likeness (QED) is 0.130. The number of carbonyl (C=O) groups is 1. The van der Waals surface area contributed by atoms with Crippen LogP contribution in [-0.4, -0.2) is 20.4 Å². The van der Waals surface area contributed by atoms with E-state index in [1.807, 2.05) is 32.0 Å². The number of benzene rings is 3. The fraction of sp³-hybridized carbons (Fsp3) is 0.323. The van der Waals surface area contributed by atoms with Crippen LogP contribution in [0.25, 0.3) is 0 Å². The van der Waals surface area contributed by atoms with Gasteiger partial charge in [0.2, 0.25) is 8.32 Å². The van der Waals surface area contributed by atoms with Crippen molar-refractivity contribution in [1.82, 2.24) is 0 Å². The van der Waals surface area contributed by atoms with Crippen molar-refractivity contribution in [2.24, 2.45) is 0 Å². The molecule has 3 aromatic carbocycles. The monoisotopic (exact) mass is 519 g/mol. The fourth-order valence-corrected chi connectivity index (χ4v) is 8.95. The van der Waals surface area contributed by atoms with E-state index >= 15 is 0 Å². The van der Waals surface area contributed by atoms with Gasteiger partial charge in [-0.25, -0.2) is 0 Å². The summed E-state index contributed by atoms with van der Waals surface area (Å²) >= 11 is 0. The van der Waals surface area contributed by atoms with Gasteiger partial charge < -0.3 is 9.16 Å². The third-order valence-electron chi connectivity index (χ3n) is 6.71. The molecule has 0 heterocycles. The summed E-state index contributed by atoms with van der Waals surface area (Å²) in [4.78, 5) is 13.0. The van der Waals surface area contributed by atoms with Crippen molar-refractivity contribution in [1.29, 1.82) is 0 Å². The van der Waals surface area contributed by atoms with E-state index in [1.165, 1.54) is 15.9 Å². The molecule has 0 aliphatic carbocycles. The van der Waals surface area contributed by atoms with E-state index in [4.69, 9.17) is 9.16 Å². The molecule has 3 rings (SSSR count). The molecular weight excluding hydrogens is 479 g/mol. The van der Waals surface area contributed by atoms with Gasteiger partial charge >= 0.3 is 5.97 Å². The smallest absolute Gasteiger partial charge is 0.313 e. The summed E-state index contributed by atoms with van der Waals surface area (Å²) in [6.07, 6.45) is -0.0672. The van der Waals surface area contributed by atoms with Crippen molar-refractivity contribution < 1.29 is 14.0 Å². The molecule has 5 heteroatoms. The second kappa shape index (κ2) is 11.6. The molecule has 0 aliphatic rings. The molecule has 0 amide bonds. The molecule has 0 fully saturated rings. The summed E-state index contributed by atoms with van der Waals surface area (Å²) in [5, 5.41) is 3.64. The first-order chi connectivity index (χ1) is 17.0. The largest absolute Gasteiger partial charge is 0.544 e. The van der Waals surface area contributed by atoms with Gasteiger partial charge in [0.25, 0.3) is 0 Å². The lowest BCUT2D eigenvalue weighted by Gasteiger charge is -2.37. The summed E-state index contributed by atoms with van der Waals surface area (Å²) in [6, 6.07) is 31.8. The minimum absolute atomic E-state index is 0.0125. The van der Waals surface area contributed by atoms with Crippen LogP contribution >= 0.6 is 7.26 Å². The predicted molar refractivity (Wildman–Crippen MR) is 157 cm³/mol. The van der Waals surface area contributed by atoms with Crippen LogP contribution in [-0.2, 0) is 14.0 Å². The van der Waals surface area contributed by atoms with Gasteiger partial charge in [-0.2, -0.15) is 0 Å². The van der Waals surface area contributed by atoms with Crippen molar-refractivity contribution >= 4 is 37.5 Å². The molecule has 0 saturated carbocycles. The van der Waals surface area contributed by atoms with Crippen LogP contribution in [0.5, 0.6) is 0 Å². The van der Waals surface area contributed by atoms with Crippen molar-refractivity contribution in [3.05, 3.63) is 103 Å². The van der Waals surface area contributed by atoms with Gasteiger partial charge in [0.1, 0.15) is 41.2 Å². The topological polar surface area (TPSA) is 35.5 Å². The Kier molecular flexibility index (Phi) is 8.97. The summed E-state index contributed by atoms with van der Waals surface area (Å²) < 4.78 is 12.5. The Bertz CT molecular complexity index is 1050. The number of rotatable bonds is 9. The predicted octanol–water partition coefficient (Wildman–Crippen LogP) is 7.19. The van der Waals surface area contributed by atoms with Crippen LogP contribution in [0.1, 0.15) is 41.0 Å². The first-order valence-electron chi connectivity index (χ1n) is 12.6. The molecule has 0 aromatic heterocycles. The van der Waals surface area contributed by atoms with Crippen LogP contribution in [0, 0.1) is 0 Å². The second-order valence-corrected chi connectivity index (χ2v) is 18.9.